The second-order valence-corrected chi connectivity index (χ2v) is 7.59. The van der Waals surface area contributed by atoms with E-state index in [-0.39, 0.29) is 28.1 Å². The van der Waals surface area contributed by atoms with Crippen LogP contribution in [-0.2, 0) is 14.9 Å². The second kappa shape index (κ2) is 7.97. The van der Waals surface area contributed by atoms with Crippen molar-refractivity contribution in [2.24, 2.45) is 0 Å². The van der Waals surface area contributed by atoms with Crippen LogP contribution < -0.4 is 23.3 Å². The van der Waals surface area contributed by atoms with Crippen LogP contribution >= 0.6 is 0 Å². The number of carbonyl (C=O) groups excluding carboxylic acids is 1. The smallest absolute Gasteiger partial charge is 0.339 e. The van der Waals surface area contributed by atoms with Crippen molar-refractivity contribution in [2.45, 2.75) is 17.7 Å². The zero-order valence-corrected chi connectivity index (χ0v) is 16.6. The highest BCUT2D eigenvalue weighted by Gasteiger charge is 2.24. The molecular formula is C19H21NO7S. The van der Waals surface area contributed by atoms with Crippen LogP contribution in [0, 0.1) is 0 Å². The molecule has 9 heteroatoms. The van der Waals surface area contributed by atoms with Crippen molar-refractivity contribution in [2.75, 3.05) is 32.8 Å². The third-order valence-corrected chi connectivity index (χ3v) is 5.62. The fraction of sp³-hybridized carbons (Fsp3) is 0.316. The van der Waals surface area contributed by atoms with Crippen LogP contribution in [0.1, 0.15) is 12.8 Å². The number of anilines is 1. The van der Waals surface area contributed by atoms with Gasteiger partial charge in [-0.05, 0) is 30.7 Å². The number of rotatable bonds is 7. The SMILES string of the molecule is COc1cc(OS(=O)(=O)c2ccc(N3CCCC3=O)cc2)cc(OC)c1OC. The number of methoxy groups -OCH3 is 3. The van der Waals surface area contributed by atoms with E-state index in [1.165, 1.54) is 45.6 Å². The van der Waals surface area contributed by atoms with Gasteiger partial charge in [-0.3, -0.25) is 4.79 Å². The molecule has 8 nitrogen and oxygen atoms in total. The molecule has 0 unspecified atom stereocenters. The third kappa shape index (κ3) is 3.84. The van der Waals surface area contributed by atoms with Gasteiger partial charge in [-0.25, -0.2) is 0 Å². The molecule has 0 N–H and O–H groups in total. The van der Waals surface area contributed by atoms with Crippen LogP contribution in [-0.4, -0.2) is 42.2 Å². The molecule has 2 aromatic carbocycles. The lowest BCUT2D eigenvalue weighted by molar-refractivity contribution is -0.117. The predicted molar refractivity (Wildman–Crippen MR) is 102 cm³/mol. The molecule has 2 aromatic rings. The van der Waals surface area contributed by atoms with Gasteiger partial charge < -0.3 is 23.3 Å². The summed E-state index contributed by atoms with van der Waals surface area (Å²) in [6.07, 6.45) is 1.30. The van der Waals surface area contributed by atoms with Gasteiger partial charge in [0.1, 0.15) is 4.90 Å². The summed E-state index contributed by atoms with van der Waals surface area (Å²) in [5, 5.41) is 0. The van der Waals surface area contributed by atoms with E-state index < -0.39 is 10.1 Å². The lowest BCUT2D eigenvalue weighted by Gasteiger charge is -2.16. The number of amides is 1. The summed E-state index contributed by atoms with van der Waals surface area (Å²) >= 11 is 0. The molecule has 0 spiro atoms. The molecule has 1 saturated heterocycles. The van der Waals surface area contributed by atoms with Crippen molar-refractivity contribution in [1.29, 1.82) is 0 Å². The number of hydrogen-bond acceptors (Lipinski definition) is 7. The van der Waals surface area contributed by atoms with Crippen molar-refractivity contribution in [3.63, 3.8) is 0 Å². The minimum absolute atomic E-state index is 0.0216. The molecule has 1 fully saturated rings. The van der Waals surface area contributed by atoms with E-state index >= 15 is 0 Å². The van der Waals surface area contributed by atoms with Crippen molar-refractivity contribution >= 4 is 21.7 Å². The lowest BCUT2D eigenvalue weighted by Crippen LogP contribution is -2.23. The molecular weight excluding hydrogens is 386 g/mol. The Labute approximate surface area is 163 Å². The molecule has 1 aliphatic heterocycles. The van der Waals surface area contributed by atoms with Crippen molar-refractivity contribution in [3.8, 4) is 23.0 Å². The van der Waals surface area contributed by atoms with Gasteiger partial charge in [-0.2, -0.15) is 8.42 Å². The number of hydrogen-bond donors (Lipinski definition) is 0. The van der Waals surface area contributed by atoms with E-state index in [1.54, 1.807) is 17.0 Å². The highest BCUT2D eigenvalue weighted by atomic mass is 32.2. The van der Waals surface area contributed by atoms with Gasteiger partial charge >= 0.3 is 10.1 Å². The van der Waals surface area contributed by atoms with Gasteiger partial charge in [0.05, 0.1) is 21.3 Å². The van der Waals surface area contributed by atoms with E-state index in [9.17, 15) is 13.2 Å². The quantitative estimate of drug-likeness (QED) is 0.652. The number of nitrogens with zero attached hydrogens (tertiary/aromatic N) is 1. The zero-order chi connectivity index (χ0) is 20.3. The molecule has 0 atom stereocenters. The first kappa shape index (κ1) is 19.8. The first-order valence-corrected chi connectivity index (χ1v) is 9.95. The molecule has 0 aromatic heterocycles. The maximum absolute atomic E-state index is 12.6. The Kier molecular flexibility index (Phi) is 5.64. The second-order valence-electron chi connectivity index (χ2n) is 6.04. The summed E-state index contributed by atoms with van der Waals surface area (Å²) in [4.78, 5) is 13.4. The fourth-order valence-corrected chi connectivity index (χ4v) is 3.91. The molecule has 3 rings (SSSR count). The lowest BCUT2D eigenvalue weighted by atomic mass is 10.2. The van der Waals surface area contributed by atoms with Gasteiger partial charge in [0.25, 0.3) is 0 Å². The standard InChI is InChI=1S/C19H21NO7S/c1-24-16-11-14(12-17(25-2)19(16)26-3)27-28(22,23)15-8-6-13(7-9-15)20-10-4-5-18(20)21/h6-9,11-12H,4-5,10H2,1-3H3. The van der Waals surface area contributed by atoms with E-state index in [0.717, 1.165) is 6.42 Å². The summed E-state index contributed by atoms with van der Waals surface area (Å²) in [5.41, 5.74) is 0.661. The number of ether oxygens (including phenoxy) is 3. The van der Waals surface area contributed by atoms with Crippen LogP contribution in [0.2, 0.25) is 0 Å². The molecule has 28 heavy (non-hydrogen) atoms. The summed E-state index contributed by atoms with van der Waals surface area (Å²) in [5.74, 6) is 0.928. The molecule has 1 heterocycles. The van der Waals surface area contributed by atoms with Crippen molar-refractivity contribution < 1.29 is 31.6 Å². The van der Waals surface area contributed by atoms with Crippen LogP contribution in [0.5, 0.6) is 23.0 Å². The summed E-state index contributed by atoms with van der Waals surface area (Å²) in [7, 11) is 0.206. The Morgan fingerprint density at radius 1 is 0.929 bits per heavy atom. The fourth-order valence-electron chi connectivity index (χ4n) is 2.99. The zero-order valence-electron chi connectivity index (χ0n) is 15.8. The largest absolute Gasteiger partial charge is 0.493 e. The molecule has 0 bridgehead atoms. The predicted octanol–water partition coefficient (Wildman–Crippen LogP) is 2.61. The maximum Gasteiger partial charge on any atom is 0.339 e. The Hall–Kier alpha value is -2.94. The number of benzene rings is 2. The first-order chi connectivity index (χ1) is 13.4. The maximum atomic E-state index is 12.6. The highest BCUT2D eigenvalue weighted by Crippen LogP contribution is 2.41. The minimum atomic E-state index is -4.09. The molecule has 0 aliphatic carbocycles. The van der Waals surface area contributed by atoms with Gasteiger partial charge in [-0.15, -0.1) is 0 Å². The monoisotopic (exact) mass is 407 g/mol. The van der Waals surface area contributed by atoms with E-state index in [2.05, 4.69) is 0 Å². The molecule has 0 saturated carbocycles. The van der Waals surface area contributed by atoms with Crippen molar-refractivity contribution in [3.05, 3.63) is 36.4 Å². The molecule has 150 valence electrons. The summed E-state index contributed by atoms with van der Waals surface area (Å²) in [6, 6.07) is 8.80. The van der Waals surface area contributed by atoms with Crippen LogP contribution in [0.25, 0.3) is 0 Å². The first-order valence-electron chi connectivity index (χ1n) is 8.54. The van der Waals surface area contributed by atoms with Crippen molar-refractivity contribution in [1.82, 2.24) is 0 Å². The van der Waals surface area contributed by atoms with E-state index in [4.69, 9.17) is 18.4 Å². The van der Waals surface area contributed by atoms with Gasteiger partial charge in [0, 0.05) is 30.8 Å². The minimum Gasteiger partial charge on any atom is -0.493 e. The molecule has 1 amide bonds. The average Bonchev–Trinajstić information content (AvgIpc) is 3.12. The Morgan fingerprint density at radius 3 is 2.00 bits per heavy atom. The number of carbonyl (C=O) groups is 1. The van der Waals surface area contributed by atoms with Crippen LogP contribution in [0.3, 0.4) is 0 Å². The Balaban J connectivity index is 1.86. The van der Waals surface area contributed by atoms with Gasteiger partial charge in [0.15, 0.2) is 17.2 Å². The van der Waals surface area contributed by atoms with Crippen LogP contribution in [0.15, 0.2) is 41.3 Å². The van der Waals surface area contributed by atoms with Gasteiger partial charge in [-0.1, -0.05) is 0 Å². The molecule has 1 aliphatic rings. The molecule has 0 radical (unpaired) electrons. The van der Waals surface area contributed by atoms with E-state index in [1.807, 2.05) is 0 Å². The Bertz CT molecular complexity index is 945. The van der Waals surface area contributed by atoms with Gasteiger partial charge in [0.2, 0.25) is 11.7 Å². The third-order valence-electron chi connectivity index (χ3n) is 4.35. The summed E-state index contributed by atoms with van der Waals surface area (Å²) in [6.45, 7) is 0.632. The normalized spacial score (nSPS) is 14.1. The summed E-state index contributed by atoms with van der Waals surface area (Å²) < 4.78 is 46.1. The topological polar surface area (TPSA) is 91.4 Å². The Morgan fingerprint density at radius 2 is 1.54 bits per heavy atom. The highest BCUT2D eigenvalue weighted by molar-refractivity contribution is 7.87. The average molecular weight is 407 g/mol. The van der Waals surface area contributed by atoms with Crippen LogP contribution in [0.4, 0.5) is 5.69 Å². The van der Waals surface area contributed by atoms with E-state index in [0.29, 0.717) is 24.4 Å².